The fraction of sp³-hybridized carbons (Fsp3) is 0.769. The molecule has 0 aliphatic carbocycles. The monoisotopic (exact) mass is 301 g/mol. The van der Waals surface area contributed by atoms with Gasteiger partial charge in [-0.1, -0.05) is 6.92 Å². The molecule has 0 spiro atoms. The number of rotatable bonds is 6. The van der Waals surface area contributed by atoms with E-state index in [2.05, 4.69) is 12.0 Å². The van der Waals surface area contributed by atoms with E-state index < -0.39 is 9.84 Å². The smallest absolute Gasteiger partial charge is 0.161 e. The quantitative estimate of drug-likeness (QED) is 0.851. The van der Waals surface area contributed by atoms with E-state index in [1.165, 1.54) is 0 Å². The molecule has 1 fully saturated rings. The van der Waals surface area contributed by atoms with Crippen LogP contribution in [0.25, 0.3) is 0 Å². The number of sulfone groups is 1. The lowest BCUT2D eigenvalue weighted by atomic mass is 9.97. The van der Waals surface area contributed by atoms with Gasteiger partial charge in [-0.15, -0.1) is 0 Å². The summed E-state index contributed by atoms with van der Waals surface area (Å²) >= 11 is 0. The molecule has 0 saturated carbocycles. The molecule has 6 nitrogen and oxygen atoms in total. The van der Waals surface area contributed by atoms with E-state index in [0.717, 1.165) is 18.7 Å². The summed E-state index contributed by atoms with van der Waals surface area (Å²) < 4.78 is 30.2. The van der Waals surface area contributed by atoms with E-state index in [9.17, 15) is 8.42 Å². The highest BCUT2D eigenvalue weighted by Gasteiger charge is 2.31. The molecular formula is C13H23N3O3S. The number of ether oxygens (including phenoxy) is 1. The van der Waals surface area contributed by atoms with Crippen LogP contribution < -0.4 is 10.5 Å². The molecule has 1 aliphatic rings. The average Bonchev–Trinajstić information content (AvgIpc) is 2.93. The third-order valence-electron chi connectivity index (χ3n) is 3.77. The molecule has 0 radical (unpaired) electrons. The molecule has 0 amide bonds. The first kappa shape index (κ1) is 15.3. The summed E-state index contributed by atoms with van der Waals surface area (Å²) in [7, 11) is -1.25. The SMILES string of the molecule is CCCn1ncc(OC)c1C(N)CC1CCS(=O)(=O)C1. The number of hydrogen-bond acceptors (Lipinski definition) is 5. The zero-order chi connectivity index (χ0) is 14.8. The van der Waals surface area contributed by atoms with Crippen LogP contribution in [0.5, 0.6) is 5.75 Å². The maximum atomic E-state index is 11.5. The van der Waals surface area contributed by atoms with Crippen LogP contribution in [0.2, 0.25) is 0 Å². The maximum absolute atomic E-state index is 11.5. The van der Waals surface area contributed by atoms with Crippen LogP contribution in [0.3, 0.4) is 0 Å². The van der Waals surface area contributed by atoms with Crippen LogP contribution in [0.1, 0.15) is 37.9 Å². The Hall–Kier alpha value is -1.08. The fourth-order valence-corrected chi connectivity index (χ4v) is 4.71. The van der Waals surface area contributed by atoms with Crippen LogP contribution in [-0.4, -0.2) is 36.8 Å². The summed E-state index contributed by atoms with van der Waals surface area (Å²) in [6.45, 7) is 2.86. The van der Waals surface area contributed by atoms with Crippen molar-refractivity contribution < 1.29 is 13.2 Å². The number of methoxy groups -OCH3 is 1. The van der Waals surface area contributed by atoms with Gasteiger partial charge in [0.1, 0.15) is 0 Å². The average molecular weight is 301 g/mol. The number of aryl methyl sites for hydroxylation is 1. The second kappa shape index (κ2) is 6.13. The number of hydrogen-bond donors (Lipinski definition) is 1. The molecule has 1 saturated heterocycles. The van der Waals surface area contributed by atoms with Gasteiger partial charge in [0, 0.05) is 6.54 Å². The minimum Gasteiger partial charge on any atom is -0.493 e. The van der Waals surface area contributed by atoms with Crippen LogP contribution in [-0.2, 0) is 16.4 Å². The van der Waals surface area contributed by atoms with Crippen molar-refractivity contribution in [2.45, 2.75) is 38.8 Å². The molecule has 20 heavy (non-hydrogen) atoms. The van der Waals surface area contributed by atoms with Crippen molar-refractivity contribution in [3.05, 3.63) is 11.9 Å². The Morgan fingerprint density at radius 3 is 2.90 bits per heavy atom. The van der Waals surface area contributed by atoms with Gasteiger partial charge in [-0.25, -0.2) is 8.42 Å². The first-order chi connectivity index (χ1) is 9.46. The summed E-state index contributed by atoms with van der Waals surface area (Å²) in [5, 5.41) is 4.29. The number of nitrogens with zero attached hydrogens (tertiary/aromatic N) is 2. The molecule has 2 atom stereocenters. The van der Waals surface area contributed by atoms with Crippen LogP contribution in [0.4, 0.5) is 0 Å². The van der Waals surface area contributed by atoms with Crippen molar-refractivity contribution in [2.24, 2.45) is 11.7 Å². The molecule has 2 unspecified atom stereocenters. The Labute approximate surface area is 120 Å². The number of nitrogens with two attached hydrogens (primary N) is 1. The first-order valence-corrected chi connectivity index (χ1v) is 8.84. The summed E-state index contributed by atoms with van der Waals surface area (Å²) in [6, 6.07) is -0.239. The molecule has 1 aliphatic heterocycles. The largest absolute Gasteiger partial charge is 0.493 e. The van der Waals surface area contributed by atoms with Gasteiger partial charge in [0.05, 0.1) is 36.5 Å². The predicted octanol–water partition coefficient (Wildman–Crippen LogP) is 1.13. The Bertz CT molecular complexity index is 553. The Morgan fingerprint density at radius 1 is 1.60 bits per heavy atom. The maximum Gasteiger partial charge on any atom is 0.161 e. The molecular weight excluding hydrogens is 278 g/mol. The van der Waals surface area contributed by atoms with E-state index in [0.29, 0.717) is 18.6 Å². The van der Waals surface area contributed by atoms with Crippen molar-refractivity contribution in [1.82, 2.24) is 9.78 Å². The zero-order valence-corrected chi connectivity index (χ0v) is 12.9. The molecule has 0 bridgehead atoms. The van der Waals surface area contributed by atoms with Crippen LogP contribution in [0, 0.1) is 5.92 Å². The van der Waals surface area contributed by atoms with Gasteiger partial charge in [0.2, 0.25) is 0 Å². The highest BCUT2D eigenvalue weighted by Crippen LogP contribution is 2.31. The second-order valence-electron chi connectivity index (χ2n) is 5.43. The van der Waals surface area contributed by atoms with Crippen molar-refractivity contribution in [2.75, 3.05) is 18.6 Å². The standard InChI is InChI=1S/C13H23N3O3S/c1-3-5-16-13(12(19-2)8-15-16)11(14)7-10-4-6-20(17,18)9-10/h8,10-11H,3-7,9,14H2,1-2H3. The van der Waals surface area contributed by atoms with E-state index in [1.54, 1.807) is 13.3 Å². The minimum atomic E-state index is -2.86. The number of aromatic nitrogens is 2. The lowest BCUT2D eigenvalue weighted by molar-refractivity contribution is 0.388. The summed E-state index contributed by atoms with van der Waals surface area (Å²) in [5.41, 5.74) is 7.15. The van der Waals surface area contributed by atoms with Crippen molar-refractivity contribution >= 4 is 9.84 Å². The van der Waals surface area contributed by atoms with Gasteiger partial charge >= 0.3 is 0 Å². The zero-order valence-electron chi connectivity index (χ0n) is 12.1. The van der Waals surface area contributed by atoms with Crippen LogP contribution >= 0.6 is 0 Å². The van der Waals surface area contributed by atoms with Crippen molar-refractivity contribution in [3.8, 4) is 5.75 Å². The fourth-order valence-electron chi connectivity index (χ4n) is 2.83. The first-order valence-electron chi connectivity index (χ1n) is 7.02. The normalized spacial score (nSPS) is 22.9. The minimum absolute atomic E-state index is 0.143. The van der Waals surface area contributed by atoms with Gasteiger partial charge in [0.15, 0.2) is 15.6 Å². The Balaban J connectivity index is 2.12. The summed E-state index contributed by atoms with van der Waals surface area (Å²) in [6.07, 6.45) is 4.00. The third-order valence-corrected chi connectivity index (χ3v) is 5.60. The molecule has 7 heteroatoms. The molecule has 1 aromatic heterocycles. The second-order valence-corrected chi connectivity index (χ2v) is 7.66. The Morgan fingerprint density at radius 2 is 2.35 bits per heavy atom. The lowest BCUT2D eigenvalue weighted by Crippen LogP contribution is -2.21. The van der Waals surface area contributed by atoms with E-state index in [1.807, 2.05) is 4.68 Å². The van der Waals surface area contributed by atoms with Crippen LogP contribution in [0.15, 0.2) is 6.20 Å². The highest BCUT2D eigenvalue weighted by molar-refractivity contribution is 7.91. The van der Waals surface area contributed by atoms with Gasteiger partial charge < -0.3 is 10.5 Å². The predicted molar refractivity (Wildman–Crippen MR) is 77.4 cm³/mol. The van der Waals surface area contributed by atoms with Crippen molar-refractivity contribution in [1.29, 1.82) is 0 Å². The van der Waals surface area contributed by atoms with Gasteiger partial charge in [-0.2, -0.15) is 5.10 Å². The van der Waals surface area contributed by atoms with Gasteiger partial charge in [-0.05, 0) is 25.2 Å². The molecule has 2 rings (SSSR count). The lowest BCUT2D eigenvalue weighted by Gasteiger charge is -2.18. The topological polar surface area (TPSA) is 87.2 Å². The third kappa shape index (κ3) is 3.32. The van der Waals surface area contributed by atoms with E-state index in [-0.39, 0.29) is 23.5 Å². The summed E-state index contributed by atoms with van der Waals surface area (Å²) in [5.74, 6) is 1.37. The Kier molecular flexibility index (Phi) is 4.70. The summed E-state index contributed by atoms with van der Waals surface area (Å²) in [4.78, 5) is 0. The van der Waals surface area contributed by atoms with Crippen molar-refractivity contribution in [3.63, 3.8) is 0 Å². The molecule has 114 valence electrons. The van der Waals surface area contributed by atoms with E-state index >= 15 is 0 Å². The van der Waals surface area contributed by atoms with Gasteiger partial charge in [-0.3, -0.25) is 4.68 Å². The molecule has 0 aromatic carbocycles. The van der Waals surface area contributed by atoms with E-state index in [4.69, 9.17) is 10.5 Å². The van der Waals surface area contributed by atoms with Gasteiger partial charge in [0.25, 0.3) is 0 Å². The molecule has 1 aromatic rings. The molecule has 2 heterocycles. The molecule has 2 N–H and O–H groups in total. The highest BCUT2D eigenvalue weighted by atomic mass is 32.2.